The number of hydrogen-bond acceptors (Lipinski definition) is 4. The van der Waals surface area contributed by atoms with E-state index in [1.807, 2.05) is 0 Å². The zero-order valence-electron chi connectivity index (χ0n) is 9.60. The van der Waals surface area contributed by atoms with Crippen LogP contribution >= 0.6 is 0 Å². The Labute approximate surface area is 90.6 Å². The molecule has 0 aliphatic carbocycles. The molecule has 0 radical (unpaired) electrons. The number of carbonyl (C=O) groups excluding carboxylic acids is 1. The Morgan fingerprint density at radius 2 is 2.27 bits per heavy atom. The van der Waals surface area contributed by atoms with Gasteiger partial charge in [0.2, 0.25) is 0 Å². The van der Waals surface area contributed by atoms with Gasteiger partial charge in [0.05, 0.1) is 31.8 Å². The van der Waals surface area contributed by atoms with E-state index in [1.54, 1.807) is 6.92 Å². The molecule has 0 aromatic heterocycles. The quantitative estimate of drug-likeness (QED) is 0.714. The zero-order valence-corrected chi connectivity index (χ0v) is 9.60. The first kappa shape index (κ1) is 12.5. The van der Waals surface area contributed by atoms with E-state index in [1.165, 1.54) is 7.11 Å². The van der Waals surface area contributed by atoms with Crippen LogP contribution in [-0.4, -0.2) is 37.0 Å². The van der Waals surface area contributed by atoms with E-state index >= 15 is 0 Å². The van der Waals surface area contributed by atoms with Gasteiger partial charge in [0.25, 0.3) is 0 Å². The fourth-order valence-electron chi connectivity index (χ4n) is 1.97. The van der Waals surface area contributed by atoms with Gasteiger partial charge in [0.1, 0.15) is 0 Å². The summed E-state index contributed by atoms with van der Waals surface area (Å²) in [6, 6.07) is 0. The lowest BCUT2D eigenvalue weighted by Gasteiger charge is -2.35. The Kier molecular flexibility index (Phi) is 4.54. The standard InChI is InChI=1S/C11H20O4/c1-7-4-5-9(15-10(7)6-12)8(2)11(13)14-3/h7-10,12H,4-6H2,1-3H3/t7-,8+,9+,10-/m0/s1. The van der Waals surface area contributed by atoms with E-state index in [-0.39, 0.29) is 30.7 Å². The third-order valence-corrected chi connectivity index (χ3v) is 3.20. The van der Waals surface area contributed by atoms with Crippen molar-refractivity contribution in [3.63, 3.8) is 0 Å². The van der Waals surface area contributed by atoms with Gasteiger partial charge in [-0.05, 0) is 25.7 Å². The van der Waals surface area contributed by atoms with Crippen LogP contribution in [0.15, 0.2) is 0 Å². The van der Waals surface area contributed by atoms with Gasteiger partial charge in [-0.1, -0.05) is 6.92 Å². The van der Waals surface area contributed by atoms with Gasteiger partial charge >= 0.3 is 5.97 Å². The first-order valence-electron chi connectivity index (χ1n) is 5.44. The van der Waals surface area contributed by atoms with E-state index < -0.39 is 0 Å². The van der Waals surface area contributed by atoms with Crippen LogP contribution in [0.25, 0.3) is 0 Å². The average Bonchev–Trinajstić information content (AvgIpc) is 2.27. The van der Waals surface area contributed by atoms with Crippen LogP contribution in [0.4, 0.5) is 0 Å². The van der Waals surface area contributed by atoms with Crippen molar-refractivity contribution < 1.29 is 19.4 Å². The highest BCUT2D eigenvalue weighted by Crippen LogP contribution is 2.28. The summed E-state index contributed by atoms with van der Waals surface area (Å²) in [6.07, 6.45) is 1.58. The highest BCUT2D eigenvalue weighted by atomic mass is 16.5. The molecular formula is C11H20O4. The van der Waals surface area contributed by atoms with E-state index in [4.69, 9.17) is 9.84 Å². The predicted octanol–water partition coefficient (Wildman–Crippen LogP) is 0.972. The average molecular weight is 216 g/mol. The molecule has 1 rings (SSSR count). The molecule has 0 aromatic rings. The van der Waals surface area contributed by atoms with Crippen molar-refractivity contribution in [2.24, 2.45) is 11.8 Å². The maximum absolute atomic E-state index is 11.3. The fraction of sp³-hybridized carbons (Fsp3) is 0.909. The molecule has 4 heteroatoms. The van der Waals surface area contributed by atoms with Crippen LogP contribution in [0.3, 0.4) is 0 Å². The van der Waals surface area contributed by atoms with E-state index in [9.17, 15) is 4.79 Å². The first-order valence-corrected chi connectivity index (χ1v) is 5.44. The van der Waals surface area contributed by atoms with Crippen molar-refractivity contribution in [2.45, 2.75) is 38.9 Å². The fourth-order valence-corrected chi connectivity index (χ4v) is 1.97. The summed E-state index contributed by atoms with van der Waals surface area (Å²) in [5, 5.41) is 9.12. The van der Waals surface area contributed by atoms with Crippen molar-refractivity contribution in [3.05, 3.63) is 0 Å². The minimum Gasteiger partial charge on any atom is -0.469 e. The lowest BCUT2D eigenvalue weighted by atomic mass is 9.89. The summed E-state index contributed by atoms with van der Waals surface area (Å²) in [5.74, 6) is -0.140. The highest BCUT2D eigenvalue weighted by molar-refractivity contribution is 5.72. The second-order valence-corrected chi connectivity index (χ2v) is 4.26. The Balaban J connectivity index is 2.54. The van der Waals surface area contributed by atoms with Gasteiger partial charge in [-0.3, -0.25) is 4.79 Å². The molecule has 1 N–H and O–H groups in total. The van der Waals surface area contributed by atoms with Crippen LogP contribution in [0.5, 0.6) is 0 Å². The van der Waals surface area contributed by atoms with Crippen LogP contribution in [-0.2, 0) is 14.3 Å². The van der Waals surface area contributed by atoms with Crippen LogP contribution < -0.4 is 0 Å². The number of esters is 1. The molecule has 1 saturated heterocycles. The monoisotopic (exact) mass is 216 g/mol. The number of ether oxygens (including phenoxy) is 2. The van der Waals surface area contributed by atoms with Gasteiger partial charge in [0.15, 0.2) is 0 Å². The van der Waals surface area contributed by atoms with Crippen molar-refractivity contribution in [1.29, 1.82) is 0 Å². The first-order chi connectivity index (χ1) is 7.10. The second kappa shape index (κ2) is 5.47. The number of rotatable bonds is 3. The van der Waals surface area contributed by atoms with Gasteiger partial charge in [-0.15, -0.1) is 0 Å². The minimum atomic E-state index is -0.253. The molecule has 1 aliphatic rings. The number of methoxy groups -OCH3 is 1. The second-order valence-electron chi connectivity index (χ2n) is 4.26. The lowest BCUT2D eigenvalue weighted by Crippen LogP contribution is -2.41. The van der Waals surface area contributed by atoms with Crippen molar-refractivity contribution in [3.8, 4) is 0 Å². The number of hydrogen-bond donors (Lipinski definition) is 1. The summed E-state index contributed by atoms with van der Waals surface area (Å²) < 4.78 is 10.4. The molecule has 0 saturated carbocycles. The third-order valence-electron chi connectivity index (χ3n) is 3.20. The molecular weight excluding hydrogens is 196 g/mol. The lowest BCUT2D eigenvalue weighted by molar-refractivity contribution is -0.161. The van der Waals surface area contributed by atoms with Gasteiger partial charge in [0, 0.05) is 0 Å². The molecule has 1 aliphatic heterocycles. The molecule has 0 unspecified atom stereocenters. The topological polar surface area (TPSA) is 55.8 Å². The largest absolute Gasteiger partial charge is 0.469 e. The zero-order chi connectivity index (χ0) is 11.4. The normalized spacial score (nSPS) is 33.5. The van der Waals surface area contributed by atoms with E-state index in [0.29, 0.717) is 5.92 Å². The van der Waals surface area contributed by atoms with Gasteiger partial charge < -0.3 is 14.6 Å². The third kappa shape index (κ3) is 2.92. The Morgan fingerprint density at radius 1 is 1.60 bits per heavy atom. The van der Waals surface area contributed by atoms with Crippen LogP contribution in [0.1, 0.15) is 26.7 Å². The number of aliphatic hydroxyl groups excluding tert-OH is 1. The molecule has 4 atom stereocenters. The SMILES string of the molecule is COC(=O)[C@H](C)[C@H]1CC[C@H](C)[C@H](CO)O1. The highest BCUT2D eigenvalue weighted by Gasteiger charge is 2.34. The minimum absolute atomic E-state index is 0.0194. The van der Waals surface area contributed by atoms with Crippen LogP contribution in [0, 0.1) is 11.8 Å². The molecule has 0 spiro atoms. The molecule has 4 nitrogen and oxygen atoms in total. The van der Waals surface area contributed by atoms with Crippen molar-refractivity contribution in [2.75, 3.05) is 13.7 Å². The summed E-state index contributed by atoms with van der Waals surface area (Å²) in [5.41, 5.74) is 0. The summed E-state index contributed by atoms with van der Waals surface area (Å²) in [7, 11) is 1.38. The molecule has 15 heavy (non-hydrogen) atoms. The number of aliphatic hydroxyl groups is 1. The van der Waals surface area contributed by atoms with Crippen molar-refractivity contribution >= 4 is 5.97 Å². The molecule has 0 aromatic carbocycles. The molecule has 0 bridgehead atoms. The molecule has 1 fully saturated rings. The smallest absolute Gasteiger partial charge is 0.311 e. The van der Waals surface area contributed by atoms with Gasteiger partial charge in [-0.25, -0.2) is 0 Å². The summed E-state index contributed by atoms with van der Waals surface area (Å²) >= 11 is 0. The molecule has 1 heterocycles. The summed E-state index contributed by atoms with van der Waals surface area (Å²) in [6.45, 7) is 3.88. The van der Waals surface area contributed by atoms with Crippen LogP contribution in [0.2, 0.25) is 0 Å². The Hall–Kier alpha value is -0.610. The molecule has 0 amide bonds. The maximum atomic E-state index is 11.3. The Morgan fingerprint density at radius 3 is 2.80 bits per heavy atom. The van der Waals surface area contributed by atoms with E-state index in [2.05, 4.69) is 11.7 Å². The maximum Gasteiger partial charge on any atom is 0.311 e. The Bertz CT molecular complexity index is 217. The summed E-state index contributed by atoms with van der Waals surface area (Å²) in [4.78, 5) is 11.3. The number of carbonyl (C=O) groups is 1. The van der Waals surface area contributed by atoms with Gasteiger partial charge in [-0.2, -0.15) is 0 Å². The molecule has 88 valence electrons. The van der Waals surface area contributed by atoms with E-state index in [0.717, 1.165) is 12.8 Å². The predicted molar refractivity (Wildman–Crippen MR) is 55.3 cm³/mol. The van der Waals surface area contributed by atoms with Crippen molar-refractivity contribution in [1.82, 2.24) is 0 Å².